The van der Waals surface area contributed by atoms with Crippen molar-refractivity contribution in [2.45, 2.75) is 41.0 Å². The number of hydrogen-bond donors (Lipinski definition) is 1. The van der Waals surface area contributed by atoms with Crippen molar-refractivity contribution in [3.63, 3.8) is 0 Å². The molecule has 4 aromatic rings. The van der Waals surface area contributed by atoms with Gasteiger partial charge in [0.05, 0.1) is 27.6 Å². The van der Waals surface area contributed by atoms with Crippen LogP contribution < -0.4 is 10.1 Å². The van der Waals surface area contributed by atoms with Crippen molar-refractivity contribution >= 4 is 22.9 Å². The Balaban J connectivity index is 1.43. The summed E-state index contributed by atoms with van der Waals surface area (Å²) < 4.78 is 22.9. The molecule has 0 fully saturated rings. The number of benzene rings is 1. The van der Waals surface area contributed by atoms with E-state index in [1.54, 1.807) is 24.3 Å². The molecule has 0 aliphatic rings. The third-order valence-electron chi connectivity index (χ3n) is 5.10. The number of halogens is 1. The van der Waals surface area contributed by atoms with Crippen LogP contribution in [0.2, 0.25) is 0 Å². The quantitative estimate of drug-likeness (QED) is 0.434. The van der Waals surface area contributed by atoms with E-state index in [1.807, 2.05) is 48.5 Å². The Labute approximate surface area is 189 Å². The molecule has 32 heavy (non-hydrogen) atoms. The van der Waals surface area contributed by atoms with Gasteiger partial charge in [-0.1, -0.05) is 12.1 Å². The Kier molecular flexibility index (Phi) is 6.09. The number of thiophene rings is 1. The summed E-state index contributed by atoms with van der Waals surface area (Å²) >= 11 is 1.31. The van der Waals surface area contributed by atoms with Gasteiger partial charge in [0.1, 0.15) is 13.3 Å². The van der Waals surface area contributed by atoms with E-state index in [1.165, 1.54) is 17.4 Å². The number of nitrogens with one attached hydrogen (secondary N) is 1. The molecule has 3 aromatic heterocycles. The van der Waals surface area contributed by atoms with Gasteiger partial charge in [-0.3, -0.25) is 4.79 Å². The Hall–Kier alpha value is -3.46. The van der Waals surface area contributed by atoms with Gasteiger partial charge in [-0.25, -0.2) is 13.8 Å². The molecule has 7 nitrogen and oxygen atoms in total. The first-order valence-electron chi connectivity index (χ1n) is 10.1. The number of hydrogen-bond acceptors (Lipinski definition) is 5. The van der Waals surface area contributed by atoms with E-state index in [0.29, 0.717) is 17.2 Å². The van der Waals surface area contributed by atoms with E-state index in [9.17, 15) is 9.18 Å². The third-order valence-corrected chi connectivity index (χ3v) is 6.08. The monoisotopic (exact) mass is 453 g/mol. The highest BCUT2D eigenvalue weighted by Crippen LogP contribution is 2.24. The third kappa shape index (κ3) is 4.57. The minimum atomic E-state index is -0.413. The van der Waals surface area contributed by atoms with Crippen LogP contribution in [0.5, 0.6) is 5.75 Å². The second-order valence-corrected chi connectivity index (χ2v) is 8.52. The van der Waals surface area contributed by atoms with Crippen LogP contribution in [0.1, 0.15) is 38.0 Å². The van der Waals surface area contributed by atoms with Gasteiger partial charge in [-0.2, -0.15) is 10.2 Å². The van der Waals surface area contributed by atoms with Crippen LogP contribution in [0.15, 0.2) is 41.8 Å². The van der Waals surface area contributed by atoms with Crippen LogP contribution >= 0.6 is 11.3 Å². The molecule has 0 spiro atoms. The normalized spacial score (nSPS) is 11.0. The van der Waals surface area contributed by atoms with E-state index in [-0.39, 0.29) is 18.3 Å². The second kappa shape index (κ2) is 8.96. The molecular weight excluding hydrogens is 429 g/mol. The number of amides is 1. The van der Waals surface area contributed by atoms with Gasteiger partial charge in [0.25, 0.3) is 5.91 Å². The number of aromatic nitrogens is 4. The minimum absolute atomic E-state index is 0.184. The molecule has 0 saturated heterocycles. The number of ether oxygens (including phenoxy) is 1. The molecule has 3 heterocycles. The Morgan fingerprint density at radius 1 is 1.12 bits per heavy atom. The molecule has 0 radical (unpaired) electrons. The van der Waals surface area contributed by atoms with E-state index in [2.05, 4.69) is 15.5 Å². The van der Waals surface area contributed by atoms with Gasteiger partial charge >= 0.3 is 0 Å². The standard InChI is InChI=1S/C23H24FN5O2S/c1-14-9-15(2)28(26-14)13-29-17(4)22(16(3)27-29)25-23(30)21-10-18(12-32-21)11-31-20-8-6-5-7-19(20)24/h5-10,12H,11,13H2,1-4H3,(H,25,30). The molecule has 0 aliphatic heterocycles. The van der Waals surface area contributed by atoms with Crippen molar-refractivity contribution in [2.24, 2.45) is 0 Å². The summed E-state index contributed by atoms with van der Waals surface area (Å²) in [6.45, 7) is 8.39. The van der Waals surface area contributed by atoms with Gasteiger partial charge in [0.15, 0.2) is 11.6 Å². The first-order valence-corrected chi connectivity index (χ1v) is 11.0. The van der Waals surface area contributed by atoms with Crippen LogP contribution in [-0.4, -0.2) is 25.5 Å². The Bertz CT molecular complexity index is 1270. The minimum Gasteiger partial charge on any atom is -0.486 e. The summed E-state index contributed by atoms with van der Waals surface area (Å²) in [5.41, 5.74) is 5.07. The SMILES string of the molecule is Cc1cc(C)n(Cn2nc(C)c(NC(=O)c3cc(COc4ccccc4F)cs3)c2C)n1. The fourth-order valence-corrected chi connectivity index (χ4v) is 4.22. The van der Waals surface area contributed by atoms with Crippen molar-refractivity contribution < 1.29 is 13.9 Å². The number of carbonyl (C=O) groups excluding carboxylic acids is 1. The summed E-state index contributed by atoms with van der Waals surface area (Å²) in [4.78, 5) is 13.4. The largest absolute Gasteiger partial charge is 0.486 e. The maximum Gasteiger partial charge on any atom is 0.265 e. The van der Waals surface area contributed by atoms with Gasteiger partial charge in [-0.15, -0.1) is 11.3 Å². The number of nitrogens with zero attached hydrogens (tertiary/aromatic N) is 4. The molecule has 0 bridgehead atoms. The molecule has 9 heteroatoms. The number of rotatable bonds is 7. The predicted octanol–water partition coefficient (Wildman–Crippen LogP) is 4.85. The van der Waals surface area contributed by atoms with Gasteiger partial charge < -0.3 is 10.1 Å². The van der Waals surface area contributed by atoms with Crippen molar-refractivity contribution in [3.05, 3.63) is 80.8 Å². The van der Waals surface area contributed by atoms with Crippen molar-refractivity contribution in [1.82, 2.24) is 19.6 Å². The molecule has 1 amide bonds. The zero-order valence-electron chi connectivity index (χ0n) is 18.3. The summed E-state index contributed by atoms with van der Waals surface area (Å²) in [5.74, 6) is -0.445. The van der Waals surface area contributed by atoms with E-state index in [4.69, 9.17) is 4.74 Å². The maximum absolute atomic E-state index is 13.7. The number of anilines is 1. The highest BCUT2D eigenvalue weighted by molar-refractivity contribution is 7.12. The summed E-state index contributed by atoms with van der Waals surface area (Å²) in [6.07, 6.45) is 0. The van der Waals surface area contributed by atoms with Crippen LogP contribution in [0, 0.1) is 33.5 Å². The lowest BCUT2D eigenvalue weighted by Crippen LogP contribution is -2.15. The van der Waals surface area contributed by atoms with E-state index < -0.39 is 5.82 Å². The Morgan fingerprint density at radius 2 is 1.91 bits per heavy atom. The van der Waals surface area contributed by atoms with E-state index >= 15 is 0 Å². The van der Waals surface area contributed by atoms with Gasteiger partial charge in [-0.05, 0) is 57.3 Å². The first-order chi connectivity index (χ1) is 15.3. The molecule has 0 unspecified atom stereocenters. The number of carbonyl (C=O) groups is 1. The molecule has 0 saturated carbocycles. The molecular formula is C23H24FN5O2S. The maximum atomic E-state index is 13.7. The molecule has 0 atom stereocenters. The highest BCUT2D eigenvalue weighted by atomic mass is 32.1. The lowest BCUT2D eigenvalue weighted by Gasteiger charge is -2.08. The smallest absolute Gasteiger partial charge is 0.265 e. The zero-order chi connectivity index (χ0) is 22.8. The van der Waals surface area contributed by atoms with Crippen LogP contribution in [0.25, 0.3) is 0 Å². The zero-order valence-corrected chi connectivity index (χ0v) is 19.2. The van der Waals surface area contributed by atoms with E-state index in [0.717, 1.165) is 28.3 Å². The second-order valence-electron chi connectivity index (χ2n) is 7.61. The first kappa shape index (κ1) is 21.8. The average molecular weight is 454 g/mol. The summed E-state index contributed by atoms with van der Waals surface area (Å²) in [6, 6.07) is 10.0. The lowest BCUT2D eigenvalue weighted by atomic mass is 10.3. The predicted molar refractivity (Wildman–Crippen MR) is 122 cm³/mol. The lowest BCUT2D eigenvalue weighted by molar-refractivity contribution is 0.103. The number of para-hydroxylation sites is 1. The van der Waals surface area contributed by atoms with Crippen molar-refractivity contribution in [3.8, 4) is 5.75 Å². The van der Waals surface area contributed by atoms with Crippen molar-refractivity contribution in [2.75, 3.05) is 5.32 Å². The molecule has 1 N–H and O–H groups in total. The fourth-order valence-electron chi connectivity index (χ4n) is 3.43. The molecule has 166 valence electrons. The van der Waals surface area contributed by atoms with Crippen molar-refractivity contribution in [1.29, 1.82) is 0 Å². The average Bonchev–Trinajstić information content (AvgIpc) is 3.42. The summed E-state index contributed by atoms with van der Waals surface area (Å²) in [5, 5.41) is 13.9. The van der Waals surface area contributed by atoms with Gasteiger partial charge in [0.2, 0.25) is 0 Å². The fraction of sp³-hybridized carbons (Fsp3) is 0.261. The summed E-state index contributed by atoms with van der Waals surface area (Å²) in [7, 11) is 0. The molecule has 1 aromatic carbocycles. The highest BCUT2D eigenvalue weighted by Gasteiger charge is 2.17. The van der Waals surface area contributed by atoms with Gasteiger partial charge in [0, 0.05) is 11.3 Å². The topological polar surface area (TPSA) is 74.0 Å². The van der Waals surface area contributed by atoms with Crippen LogP contribution in [0.3, 0.4) is 0 Å². The van der Waals surface area contributed by atoms with Crippen LogP contribution in [0.4, 0.5) is 10.1 Å². The number of aryl methyl sites for hydroxylation is 3. The molecule has 4 rings (SSSR count). The Morgan fingerprint density at radius 3 is 2.62 bits per heavy atom. The van der Waals surface area contributed by atoms with Crippen LogP contribution in [-0.2, 0) is 13.3 Å². The molecule has 0 aliphatic carbocycles.